The summed E-state index contributed by atoms with van der Waals surface area (Å²) in [7, 11) is -3.55. The van der Waals surface area contributed by atoms with E-state index in [9.17, 15) is 13.2 Å². The van der Waals surface area contributed by atoms with Gasteiger partial charge in [-0.1, -0.05) is 12.1 Å². The standard InChI is InChI=1S/C7H5NO3S.2O.Ti/c9-7-5-3-1-2-4-6(5)12(10,11)8-7;;;/h1-4H,(H,8,9);;;. The van der Waals surface area contributed by atoms with E-state index in [0.29, 0.717) is 0 Å². The van der Waals surface area contributed by atoms with E-state index in [1.165, 1.54) is 12.1 Å². The second-order valence-corrected chi connectivity index (χ2v) is 4.43. The van der Waals surface area contributed by atoms with Crippen LogP contribution in [0.3, 0.4) is 0 Å². The Morgan fingerprint density at radius 3 is 2.20 bits per heavy atom. The van der Waals surface area contributed by atoms with E-state index < -0.39 is 35.0 Å². The van der Waals surface area contributed by atoms with Gasteiger partial charge in [0.1, 0.15) is 4.90 Å². The molecule has 0 saturated carbocycles. The third kappa shape index (κ3) is 2.50. The second-order valence-electron chi connectivity index (χ2n) is 2.51. The SMILES string of the molecule is O=C1NS(=O)(=O)c2ccccc21.[O]=[Ti]=[O]. The Bertz CT molecular complexity index is 532. The fraction of sp³-hybridized carbons (Fsp3) is 0. The van der Waals surface area contributed by atoms with Crippen LogP contribution in [0.1, 0.15) is 10.4 Å². The molecule has 1 heterocycles. The number of amides is 1. The van der Waals surface area contributed by atoms with Crippen molar-refractivity contribution in [3.63, 3.8) is 0 Å². The monoisotopic (exact) mass is 263 g/mol. The van der Waals surface area contributed by atoms with Gasteiger partial charge in [-0.25, -0.2) is 13.1 Å². The number of fused-ring (bicyclic) bond motifs is 1. The van der Waals surface area contributed by atoms with Crippen LogP contribution in [-0.4, -0.2) is 14.3 Å². The van der Waals surface area contributed by atoms with Gasteiger partial charge in [-0.15, -0.1) is 0 Å². The van der Waals surface area contributed by atoms with E-state index in [-0.39, 0.29) is 10.5 Å². The molecule has 0 spiro atoms. The van der Waals surface area contributed by atoms with Crippen LogP contribution >= 0.6 is 0 Å². The molecule has 1 aromatic carbocycles. The predicted octanol–water partition coefficient (Wildman–Crippen LogP) is -0.121. The van der Waals surface area contributed by atoms with Gasteiger partial charge < -0.3 is 0 Å². The average molecular weight is 263 g/mol. The number of hydrogen-bond acceptors (Lipinski definition) is 5. The Kier molecular flexibility index (Phi) is 3.73. The summed E-state index contributed by atoms with van der Waals surface area (Å²) in [5, 5.41) is 0. The van der Waals surface area contributed by atoms with Crippen LogP contribution in [0.5, 0.6) is 0 Å². The Morgan fingerprint density at radius 2 is 1.67 bits per heavy atom. The van der Waals surface area contributed by atoms with Gasteiger partial charge in [-0.2, -0.15) is 0 Å². The molecule has 0 unspecified atom stereocenters. The van der Waals surface area contributed by atoms with Crippen molar-refractivity contribution in [3.05, 3.63) is 29.8 Å². The minimum atomic E-state index is -3.55. The minimum absolute atomic E-state index is 0.0648. The number of nitrogens with one attached hydrogen (secondary N) is 1. The molecule has 0 fully saturated rings. The van der Waals surface area contributed by atoms with Crippen LogP contribution < -0.4 is 4.72 Å². The summed E-state index contributed by atoms with van der Waals surface area (Å²) in [6.07, 6.45) is 0. The zero-order chi connectivity index (χ0) is 11.5. The Hall–Kier alpha value is -1.05. The Balaban J connectivity index is 0.000000337. The Labute approximate surface area is 94.3 Å². The molecule has 1 aliphatic heterocycles. The van der Waals surface area contributed by atoms with Crippen molar-refractivity contribution in [1.82, 2.24) is 4.72 Å². The Morgan fingerprint density at radius 1 is 1.13 bits per heavy atom. The van der Waals surface area contributed by atoms with Gasteiger partial charge in [0.2, 0.25) is 0 Å². The molecule has 78 valence electrons. The molecule has 0 radical (unpaired) electrons. The molecule has 0 saturated heterocycles. The van der Waals surface area contributed by atoms with Gasteiger partial charge in [-0.3, -0.25) is 4.79 Å². The summed E-state index contributed by atoms with van der Waals surface area (Å²) in [5.74, 6) is -0.550. The van der Waals surface area contributed by atoms with E-state index in [2.05, 4.69) is 0 Å². The van der Waals surface area contributed by atoms with E-state index in [1.54, 1.807) is 12.1 Å². The van der Waals surface area contributed by atoms with E-state index in [4.69, 9.17) is 6.65 Å². The molecule has 6 nitrogen and oxygen atoms in total. The zero-order valence-corrected chi connectivity index (χ0v) is 9.64. The number of rotatable bonds is 0. The molecule has 15 heavy (non-hydrogen) atoms. The molecular formula is C7H5NO5STi. The van der Waals surface area contributed by atoms with Gasteiger partial charge in [0.05, 0.1) is 5.56 Å². The third-order valence-electron chi connectivity index (χ3n) is 1.65. The van der Waals surface area contributed by atoms with Crippen LogP contribution in [0.2, 0.25) is 0 Å². The molecule has 0 aromatic heterocycles. The van der Waals surface area contributed by atoms with Gasteiger partial charge in [-0.05, 0) is 12.1 Å². The van der Waals surface area contributed by atoms with Crippen LogP contribution in [0.4, 0.5) is 0 Å². The molecule has 8 heteroatoms. The fourth-order valence-corrected chi connectivity index (χ4v) is 2.29. The van der Waals surface area contributed by atoms with Crippen LogP contribution in [0.25, 0.3) is 0 Å². The molecule has 0 aliphatic carbocycles. The van der Waals surface area contributed by atoms with Gasteiger partial charge in [0.25, 0.3) is 15.9 Å². The van der Waals surface area contributed by atoms with Crippen LogP contribution in [0.15, 0.2) is 29.2 Å². The first-order chi connectivity index (χ1) is 7.03. The summed E-state index contributed by atoms with van der Waals surface area (Å²) in [5.41, 5.74) is 0.220. The number of carbonyl (C=O) groups excluding carboxylic acids is 1. The summed E-state index contributed by atoms with van der Waals surface area (Å²) >= 11 is -2.00. The van der Waals surface area contributed by atoms with Crippen molar-refractivity contribution in [2.75, 3.05) is 0 Å². The average Bonchev–Trinajstić information content (AvgIpc) is 2.40. The molecule has 0 atom stereocenters. The number of benzene rings is 1. The molecule has 0 bridgehead atoms. The second kappa shape index (κ2) is 4.65. The van der Waals surface area contributed by atoms with Crippen molar-refractivity contribution in [2.24, 2.45) is 0 Å². The molecular weight excluding hydrogens is 258 g/mol. The van der Waals surface area contributed by atoms with Gasteiger partial charge >= 0.3 is 25.7 Å². The fourth-order valence-electron chi connectivity index (χ4n) is 1.12. The van der Waals surface area contributed by atoms with Crippen molar-refractivity contribution >= 4 is 15.9 Å². The molecule has 1 amide bonds. The first-order valence-electron chi connectivity index (χ1n) is 3.68. The van der Waals surface area contributed by atoms with Crippen molar-refractivity contribution in [2.45, 2.75) is 4.90 Å². The summed E-state index contributed by atoms with van der Waals surface area (Å²) < 4.78 is 41.2. The van der Waals surface area contributed by atoms with Gasteiger partial charge in [0.15, 0.2) is 0 Å². The predicted molar refractivity (Wildman–Crippen MR) is 42.5 cm³/mol. The normalized spacial score (nSPS) is 15.3. The maximum atomic E-state index is 11.1. The van der Waals surface area contributed by atoms with Crippen LogP contribution in [-0.2, 0) is 35.8 Å². The van der Waals surface area contributed by atoms with Crippen LogP contribution in [0, 0.1) is 0 Å². The third-order valence-corrected chi connectivity index (χ3v) is 3.04. The zero-order valence-electron chi connectivity index (χ0n) is 7.26. The topological polar surface area (TPSA) is 97.4 Å². The van der Waals surface area contributed by atoms with E-state index in [1.807, 2.05) is 4.72 Å². The van der Waals surface area contributed by atoms with E-state index >= 15 is 0 Å². The molecule has 1 aromatic rings. The first kappa shape index (κ1) is 12.0. The maximum absolute atomic E-state index is 11.1. The molecule has 1 aliphatic rings. The summed E-state index contributed by atoms with van der Waals surface area (Å²) in [4.78, 5) is 11.1. The number of carbonyl (C=O) groups is 1. The quantitative estimate of drug-likeness (QED) is 0.658. The van der Waals surface area contributed by atoms with Crippen molar-refractivity contribution in [1.29, 1.82) is 0 Å². The molecule has 2 rings (SSSR count). The summed E-state index contributed by atoms with van der Waals surface area (Å²) in [6, 6.07) is 6.09. The number of sulfonamides is 1. The van der Waals surface area contributed by atoms with Gasteiger partial charge in [0, 0.05) is 0 Å². The van der Waals surface area contributed by atoms with Crippen molar-refractivity contribution < 1.29 is 39.0 Å². The van der Waals surface area contributed by atoms with Crippen molar-refractivity contribution in [3.8, 4) is 0 Å². The molecule has 1 N–H and O–H groups in total. The summed E-state index contributed by atoms with van der Waals surface area (Å²) in [6.45, 7) is 0. The first-order valence-corrected chi connectivity index (χ1v) is 6.44. The van der Waals surface area contributed by atoms with E-state index in [0.717, 1.165) is 0 Å². The number of hydrogen-bond donors (Lipinski definition) is 1.